The molecule has 0 bridgehead atoms. The third-order valence-corrected chi connectivity index (χ3v) is 4.53. The van der Waals surface area contributed by atoms with Crippen molar-refractivity contribution in [2.75, 3.05) is 19.5 Å². The lowest BCUT2D eigenvalue weighted by Crippen LogP contribution is -2.12. The number of rotatable bonds is 4. The van der Waals surface area contributed by atoms with Crippen molar-refractivity contribution >= 4 is 22.4 Å². The van der Waals surface area contributed by atoms with Gasteiger partial charge in [0, 0.05) is 10.4 Å². The van der Waals surface area contributed by atoms with Crippen molar-refractivity contribution < 1.29 is 14.3 Å². The largest absolute Gasteiger partial charge is 0.493 e. The van der Waals surface area contributed by atoms with Crippen LogP contribution in [0.5, 0.6) is 11.5 Å². The first-order valence-electron chi connectivity index (χ1n) is 6.73. The standard InChI is InChI=1S/C15H16N2O3S/c1-19-11-7-6-9(8-12(11)20-2)14(18)17-15-16-10-4-3-5-13(10)21-15/h6-8H,3-5H2,1-2H3,(H,16,17,18). The number of anilines is 1. The van der Waals surface area contributed by atoms with Crippen LogP contribution in [0.25, 0.3) is 0 Å². The number of aromatic nitrogens is 1. The number of carbonyl (C=O) groups excluding carboxylic acids is 1. The zero-order valence-corrected chi connectivity index (χ0v) is 12.8. The highest BCUT2D eigenvalue weighted by atomic mass is 32.1. The Morgan fingerprint density at radius 2 is 2.05 bits per heavy atom. The minimum Gasteiger partial charge on any atom is -0.493 e. The van der Waals surface area contributed by atoms with Crippen LogP contribution < -0.4 is 14.8 Å². The van der Waals surface area contributed by atoms with Crippen LogP contribution in [-0.2, 0) is 12.8 Å². The molecular weight excluding hydrogens is 288 g/mol. The van der Waals surface area contributed by atoms with E-state index in [0.29, 0.717) is 22.2 Å². The Kier molecular flexibility index (Phi) is 3.79. The molecule has 5 nitrogen and oxygen atoms in total. The average Bonchev–Trinajstić information content (AvgIpc) is 3.07. The molecule has 0 radical (unpaired) electrons. The second-order valence-corrected chi connectivity index (χ2v) is 5.85. The zero-order valence-electron chi connectivity index (χ0n) is 11.9. The molecule has 1 aliphatic carbocycles. The van der Waals surface area contributed by atoms with Gasteiger partial charge in [-0.1, -0.05) is 0 Å². The lowest BCUT2D eigenvalue weighted by molar-refractivity contribution is 0.102. The maximum absolute atomic E-state index is 12.3. The second-order valence-electron chi connectivity index (χ2n) is 4.77. The molecular formula is C15H16N2O3S. The summed E-state index contributed by atoms with van der Waals surface area (Å²) in [5, 5.41) is 3.51. The van der Waals surface area contributed by atoms with Gasteiger partial charge in [-0.15, -0.1) is 11.3 Å². The molecule has 1 aromatic heterocycles. The Morgan fingerprint density at radius 1 is 1.24 bits per heavy atom. The Hall–Kier alpha value is -2.08. The topological polar surface area (TPSA) is 60.5 Å². The molecule has 0 aliphatic heterocycles. The van der Waals surface area contributed by atoms with Crippen LogP contribution >= 0.6 is 11.3 Å². The summed E-state index contributed by atoms with van der Waals surface area (Å²) in [7, 11) is 3.11. The van der Waals surface area contributed by atoms with E-state index in [1.165, 1.54) is 4.88 Å². The van der Waals surface area contributed by atoms with Gasteiger partial charge in [0.1, 0.15) is 0 Å². The quantitative estimate of drug-likeness (QED) is 0.943. The van der Waals surface area contributed by atoms with Crippen LogP contribution in [0.15, 0.2) is 18.2 Å². The minimum atomic E-state index is -0.191. The smallest absolute Gasteiger partial charge is 0.257 e. The summed E-state index contributed by atoms with van der Waals surface area (Å²) < 4.78 is 10.4. The van der Waals surface area contributed by atoms with Gasteiger partial charge in [-0.25, -0.2) is 4.98 Å². The maximum atomic E-state index is 12.3. The number of carbonyl (C=O) groups is 1. The van der Waals surface area contributed by atoms with Crippen LogP contribution in [0.4, 0.5) is 5.13 Å². The summed E-state index contributed by atoms with van der Waals surface area (Å²) in [5.41, 5.74) is 1.64. The fourth-order valence-corrected chi connectivity index (χ4v) is 3.44. The highest BCUT2D eigenvalue weighted by Gasteiger charge is 2.18. The first kappa shape index (κ1) is 13.9. The molecule has 1 N–H and O–H groups in total. The van der Waals surface area contributed by atoms with Crippen molar-refractivity contribution in [3.05, 3.63) is 34.3 Å². The molecule has 2 aromatic rings. The SMILES string of the molecule is COc1ccc(C(=O)Nc2nc3c(s2)CCC3)cc1OC. The normalized spacial score (nSPS) is 12.9. The van der Waals surface area contributed by atoms with Crippen molar-refractivity contribution in [2.45, 2.75) is 19.3 Å². The van der Waals surface area contributed by atoms with E-state index in [0.717, 1.165) is 25.0 Å². The number of nitrogens with zero attached hydrogens (tertiary/aromatic N) is 1. The Morgan fingerprint density at radius 3 is 2.76 bits per heavy atom. The second kappa shape index (κ2) is 5.73. The highest BCUT2D eigenvalue weighted by molar-refractivity contribution is 7.15. The first-order valence-corrected chi connectivity index (χ1v) is 7.55. The number of hydrogen-bond acceptors (Lipinski definition) is 5. The molecule has 1 aromatic carbocycles. The molecule has 1 aliphatic rings. The van der Waals surface area contributed by atoms with Crippen LogP contribution in [0.2, 0.25) is 0 Å². The zero-order chi connectivity index (χ0) is 14.8. The molecule has 6 heteroatoms. The molecule has 0 fully saturated rings. The number of nitrogens with one attached hydrogen (secondary N) is 1. The van der Waals surface area contributed by atoms with E-state index in [9.17, 15) is 4.79 Å². The molecule has 0 atom stereocenters. The van der Waals surface area contributed by atoms with E-state index < -0.39 is 0 Å². The number of thiazole rings is 1. The van der Waals surface area contributed by atoms with E-state index >= 15 is 0 Å². The molecule has 3 rings (SSSR count). The van der Waals surface area contributed by atoms with Crippen LogP contribution in [0.3, 0.4) is 0 Å². The van der Waals surface area contributed by atoms with Gasteiger partial charge in [0.25, 0.3) is 5.91 Å². The monoisotopic (exact) mass is 304 g/mol. The van der Waals surface area contributed by atoms with E-state index in [1.807, 2.05) is 0 Å². The molecule has 0 saturated heterocycles. The van der Waals surface area contributed by atoms with Crippen molar-refractivity contribution in [3.8, 4) is 11.5 Å². The highest BCUT2D eigenvalue weighted by Crippen LogP contribution is 2.31. The van der Waals surface area contributed by atoms with Crippen LogP contribution in [0.1, 0.15) is 27.3 Å². The van der Waals surface area contributed by atoms with Crippen LogP contribution in [0, 0.1) is 0 Å². The number of hydrogen-bond donors (Lipinski definition) is 1. The van der Waals surface area contributed by atoms with E-state index in [4.69, 9.17) is 9.47 Å². The van der Waals surface area contributed by atoms with Gasteiger partial charge in [-0.05, 0) is 37.5 Å². The predicted molar refractivity (Wildman–Crippen MR) is 81.6 cm³/mol. The van der Waals surface area contributed by atoms with Gasteiger partial charge in [0.2, 0.25) is 0 Å². The van der Waals surface area contributed by atoms with Gasteiger partial charge in [0.15, 0.2) is 16.6 Å². The molecule has 0 saturated carbocycles. The first-order chi connectivity index (χ1) is 10.2. The number of amides is 1. The van der Waals surface area contributed by atoms with Crippen molar-refractivity contribution in [1.29, 1.82) is 0 Å². The molecule has 0 spiro atoms. The fourth-order valence-electron chi connectivity index (χ4n) is 2.39. The minimum absolute atomic E-state index is 0.191. The predicted octanol–water partition coefficient (Wildman–Crippen LogP) is 2.90. The van der Waals surface area contributed by atoms with Crippen molar-refractivity contribution in [1.82, 2.24) is 4.98 Å². The molecule has 1 heterocycles. The van der Waals surface area contributed by atoms with Crippen LogP contribution in [-0.4, -0.2) is 25.1 Å². The summed E-state index contributed by atoms with van der Waals surface area (Å²) in [4.78, 5) is 18.0. The third kappa shape index (κ3) is 2.71. The maximum Gasteiger partial charge on any atom is 0.257 e. The van der Waals surface area contributed by atoms with Gasteiger partial charge in [0.05, 0.1) is 19.9 Å². The number of benzene rings is 1. The van der Waals surface area contributed by atoms with Gasteiger partial charge in [-0.3, -0.25) is 10.1 Å². The molecule has 0 unspecified atom stereocenters. The van der Waals surface area contributed by atoms with Crippen molar-refractivity contribution in [2.24, 2.45) is 0 Å². The Balaban J connectivity index is 1.78. The average molecular weight is 304 g/mol. The fraction of sp³-hybridized carbons (Fsp3) is 0.333. The number of aryl methyl sites for hydroxylation is 2. The van der Waals surface area contributed by atoms with E-state index in [-0.39, 0.29) is 5.91 Å². The van der Waals surface area contributed by atoms with E-state index in [1.54, 1.807) is 43.8 Å². The lowest BCUT2D eigenvalue weighted by Gasteiger charge is -2.09. The molecule has 110 valence electrons. The lowest BCUT2D eigenvalue weighted by atomic mass is 10.2. The third-order valence-electron chi connectivity index (χ3n) is 3.46. The Bertz CT molecular complexity index is 660. The number of ether oxygens (including phenoxy) is 2. The molecule has 1 amide bonds. The Labute approximate surface area is 126 Å². The van der Waals surface area contributed by atoms with Gasteiger partial charge < -0.3 is 9.47 Å². The number of fused-ring (bicyclic) bond motifs is 1. The summed E-state index contributed by atoms with van der Waals surface area (Å²) in [5.74, 6) is 0.942. The van der Waals surface area contributed by atoms with E-state index in [2.05, 4.69) is 10.3 Å². The molecule has 21 heavy (non-hydrogen) atoms. The van der Waals surface area contributed by atoms with Crippen molar-refractivity contribution in [3.63, 3.8) is 0 Å². The van der Waals surface area contributed by atoms with Gasteiger partial charge in [-0.2, -0.15) is 0 Å². The summed E-state index contributed by atoms with van der Waals surface area (Å²) in [6.45, 7) is 0. The summed E-state index contributed by atoms with van der Waals surface area (Å²) in [6, 6.07) is 5.09. The summed E-state index contributed by atoms with van der Waals surface area (Å²) >= 11 is 1.56. The summed E-state index contributed by atoms with van der Waals surface area (Å²) in [6.07, 6.45) is 3.25. The number of methoxy groups -OCH3 is 2. The van der Waals surface area contributed by atoms with Gasteiger partial charge >= 0.3 is 0 Å².